The third kappa shape index (κ3) is 5.66. The first kappa shape index (κ1) is 27.6. The summed E-state index contributed by atoms with van der Waals surface area (Å²) in [4.78, 5) is 32.2. The zero-order valence-electron chi connectivity index (χ0n) is 22.2. The number of carbonyl (C=O) groups excluding carboxylic acids is 1. The molecule has 5 rings (SSSR count). The van der Waals surface area contributed by atoms with Crippen LogP contribution in [0.15, 0.2) is 98.3 Å². The van der Waals surface area contributed by atoms with Gasteiger partial charge in [0.15, 0.2) is 4.80 Å². The van der Waals surface area contributed by atoms with Crippen molar-refractivity contribution in [2.24, 2.45) is 4.99 Å². The number of carbonyl (C=O) groups is 1. The summed E-state index contributed by atoms with van der Waals surface area (Å²) < 4.78 is 19.7. The van der Waals surface area contributed by atoms with Gasteiger partial charge in [-0.15, -0.1) is 0 Å². The van der Waals surface area contributed by atoms with Crippen molar-refractivity contribution in [3.8, 4) is 11.5 Å². The zero-order valence-corrected chi connectivity index (χ0v) is 24.6. The van der Waals surface area contributed by atoms with Gasteiger partial charge in [-0.1, -0.05) is 69.7 Å². The summed E-state index contributed by atoms with van der Waals surface area (Å²) in [5, 5.41) is 0. The molecular formula is C31H27BrN2O5S. The highest BCUT2D eigenvalue weighted by atomic mass is 79.9. The fourth-order valence-electron chi connectivity index (χ4n) is 4.53. The molecule has 2 heterocycles. The van der Waals surface area contributed by atoms with E-state index in [-0.39, 0.29) is 12.2 Å². The van der Waals surface area contributed by atoms with Gasteiger partial charge >= 0.3 is 5.97 Å². The molecule has 7 nitrogen and oxygen atoms in total. The maximum Gasteiger partial charge on any atom is 0.338 e. The Morgan fingerprint density at radius 2 is 1.85 bits per heavy atom. The minimum Gasteiger partial charge on any atom is -0.497 e. The van der Waals surface area contributed by atoms with Crippen molar-refractivity contribution in [3.05, 3.63) is 125 Å². The number of hydrogen-bond acceptors (Lipinski definition) is 7. The number of esters is 1. The Morgan fingerprint density at radius 1 is 1.10 bits per heavy atom. The van der Waals surface area contributed by atoms with Crippen molar-refractivity contribution in [2.75, 3.05) is 13.7 Å². The molecule has 3 aromatic carbocycles. The van der Waals surface area contributed by atoms with Crippen LogP contribution in [0.3, 0.4) is 0 Å². The zero-order chi connectivity index (χ0) is 28.2. The SMILES string of the molecule is CCOC(=O)C1=C(C)N=c2s/c(=C\c3cc(Br)ccc3OCc3ccccc3)c(=O)n2[C@@H]1c1ccc(OC)cc1. The Hall–Kier alpha value is -3.95. The second-order valence-electron chi connectivity index (χ2n) is 9.03. The van der Waals surface area contributed by atoms with Gasteiger partial charge in [-0.3, -0.25) is 9.36 Å². The number of nitrogens with zero attached hydrogens (tertiary/aromatic N) is 2. The van der Waals surface area contributed by atoms with Gasteiger partial charge in [-0.2, -0.15) is 0 Å². The quantitative estimate of drug-likeness (QED) is 0.255. The lowest BCUT2D eigenvalue weighted by Crippen LogP contribution is -2.39. The van der Waals surface area contributed by atoms with Gasteiger partial charge in [0, 0.05) is 10.0 Å². The van der Waals surface area contributed by atoms with Crippen LogP contribution in [0.5, 0.6) is 11.5 Å². The minimum absolute atomic E-state index is 0.212. The van der Waals surface area contributed by atoms with Crippen molar-refractivity contribution in [2.45, 2.75) is 26.5 Å². The van der Waals surface area contributed by atoms with Crippen LogP contribution in [0, 0.1) is 0 Å². The normalized spacial score (nSPS) is 14.9. The Balaban J connectivity index is 1.63. The third-order valence-electron chi connectivity index (χ3n) is 6.44. The van der Waals surface area contributed by atoms with E-state index in [1.165, 1.54) is 11.3 Å². The predicted octanol–water partition coefficient (Wildman–Crippen LogP) is 5.15. The lowest BCUT2D eigenvalue weighted by Gasteiger charge is -2.24. The number of allylic oxidation sites excluding steroid dienone is 1. The number of halogens is 1. The molecular weight excluding hydrogens is 592 g/mol. The maximum absolute atomic E-state index is 14.0. The molecule has 0 amide bonds. The number of rotatable bonds is 8. The molecule has 9 heteroatoms. The molecule has 0 spiro atoms. The third-order valence-corrected chi connectivity index (χ3v) is 7.92. The summed E-state index contributed by atoms with van der Waals surface area (Å²) >= 11 is 4.81. The fraction of sp³-hybridized carbons (Fsp3) is 0.194. The molecule has 0 fully saturated rings. The average molecular weight is 620 g/mol. The van der Waals surface area contributed by atoms with Crippen LogP contribution in [0.2, 0.25) is 0 Å². The van der Waals surface area contributed by atoms with Crippen LogP contribution < -0.4 is 24.4 Å². The van der Waals surface area contributed by atoms with Crippen LogP contribution in [0.4, 0.5) is 0 Å². The minimum atomic E-state index is -0.695. The number of aromatic nitrogens is 1. The van der Waals surface area contributed by atoms with Gasteiger partial charge in [0.05, 0.1) is 35.6 Å². The molecule has 204 valence electrons. The van der Waals surface area contributed by atoms with Gasteiger partial charge in [-0.05, 0) is 61.4 Å². The van der Waals surface area contributed by atoms with Crippen molar-refractivity contribution < 1.29 is 19.0 Å². The molecule has 4 aromatic rings. The van der Waals surface area contributed by atoms with Crippen molar-refractivity contribution in [1.82, 2.24) is 4.57 Å². The summed E-state index contributed by atoms with van der Waals surface area (Å²) in [6, 6.07) is 22.2. The monoisotopic (exact) mass is 618 g/mol. The fourth-order valence-corrected chi connectivity index (χ4v) is 5.95. The lowest BCUT2D eigenvalue weighted by atomic mass is 9.96. The van der Waals surface area contributed by atoms with Gasteiger partial charge in [0.1, 0.15) is 18.1 Å². The molecule has 0 radical (unpaired) electrons. The van der Waals surface area contributed by atoms with Crippen LogP contribution >= 0.6 is 27.3 Å². The number of fused-ring (bicyclic) bond motifs is 1. The van der Waals surface area contributed by atoms with E-state index in [4.69, 9.17) is 14.2 Å². The Bertz CT molecular complexity index is 1760. The van der Waals surface area contributed by atoms with E-state index < -0.39 is 12.0 Å². The molecule has 0 unspecified atom stereocenters. The molecule has 1 aliphatic rings. The molecule has 0 saturated carbocycles. The van der Waals surface area contributed by atoms with E-state index in [9.17, 15) is 9.59 Å². The molecule has 40 heavy (non-hydrogen) atoms. The number of methoxy groups -OCH3 is 1. The topological polar surface area (TPSA) is 79.1 Å². The van der Waals surface area contributed by atoms with E-state index in [1.807, 2.05) is 66.7 Å². The van der Waals surface area contributed by atoms with Crippen molar-refractivity contribution >= 4 is 39.3 Å². The van der Waals surface area contributed by atoms with E-state index in [0.717, 1.165) is 21.2 Å². The van der Waals surface area contributed by atoms with Gasteiger partial charge in [0.2, 0.25) is 0 Å². The van der Waals surface area contributed by atoms with E-state index in [0.29, 0.717) is 38.7 Å². The van der Waals surface area contributed by atoms with Crippen LogP contribution in [0.1, 0.15) is 36.6 Å². The van der Waals surface area contributed by atoms with Gasteiger partial charge in [-0.25, -0.2) is 9.79 Å². The Labute approximate surface area is 243 Å². The summed E-state index contributed by atoms with van der Waals surface area (Å²) in [7, 11) is 1.59. The molecule has 0 N–H and O–H groups in total. The average Bonchev–Trinajstić information content (AvgIpc) is 3.26. The smallest absolute Gasteiger partial charge is 0.338 e. The lowest BCUT2D eigenvalue weighted by molar-refractivity contribution is -0.139. The Morgan fingerprint density at radius 3 is 2.55 bits per heavy atom. The highest BCUT2D eigenvalue weighted by molar-refractivity contribution is 9.10. The first-order chi connectivity index (χ1) is 19.4. The number of benzene rings is 3. The van der Waals surface area contributed by atoms with Crippen molar-refractivity contribution in [1.29, 1.82) is 0 Å². The summed E-state index contributed by atoms with van der Waals surface area (Å²) in [5.74, 6) is 0.822. The summed E-state index contributed by atoms with van der Waals surface area (Å²) in [5.41, 5.74) is 3.13. The number of thiazole rings is 1. The van der Waals surface area contributed by atoms with E-state index in [1.54, 1.807) is 37.7 Å². The van der Waals surface area contributed by atoms with Gasteiger partial charge < -0.3 is 14.2 Å². The standard InChI is InChI=1S/C31H27BrN2O5S/c1-4-38-30(36)27-19(2)33-31-34(28(27)21-10-13-24(37-3)14-11-21)29(35)26(40-31)17-22-16-23(32)12-15-25(22)39-18-20-8-6-5-7-9-20/h5-17,28H,4,18H2,1-3H3/b26-17-/t28-/m1/s1. The predicted molar refractivity (Wildman–Crippen MR) is 158 cm³/mol. The molecule has 1 atom stereocenters. The van der Waals surface area contributed by atoms with Gasteiger partial charge in [0.25, 0.3) is 5.56 Å². The largest absolute Gasteiger partial charge is 0.497 e. The molecule has 1 aliphatic heterocycles. The second-order valence-corrected chi connectivity index (χ2v) is 11.0. The second kappa shape index (κ2) is 12.1. The number of hydrogen-bond donors (Lipinski definition) is 0. The highest BCUT2D eigenvalue weighted by Crippen LogP contribution is 2.32. The molecule has 0 aliphatic carbocycles. The van der Waals surface area contributed by atoms with Crippen LogP contribution in [-0.4, -0.2) is 24.3 Å². The van der Waals surface area contributed by atoms with Crippen molar-refractivity contribution in [3.63, 3.8) is 0 Å². The number of ether oxygens (including phenoxy) is 3. The molecule has 0 saturated heterocycles. The molecule has 1 aromatic heterocycles. The van der Waals surface area contributed by atoms with Crippen LogP contribution in [-0.2, 0) is 16.1 Å². The molecule has 0 bridgehead atoms. The highest BCUT2D eigenvalue weighted by Gasteiger charge is 2.33. The maximum atomic E-state index is 14.0. The van der Waals surface area contributed by atoms with Crippen LogP contribution in [0.25, 0.3) is 6.08 Å². The summed E-state index contributed by atoms with van der Waals surface area (Å²) in [6.45, 7) is 4.12. The first-order valence-corrected chi connectivity index (χ1v) is 14.3. The first-order valence-electron chi connectivity index (χ1n) is 12.7. The van der Waals surface area contributed by atoms with E-state index >= 15 is 0 Å². The Kier molecular flexibility index (Phi) is 8.32. The van der Waals surface area contributed by atoms with E-state index in [2.05, 4.69) is 20.9 Å². The summed E-state index contributed by atoms with van der Waals surface area (Å²) in [6.07, 6.45) is 1.81.